The van der Waals surface area contributed by atoms with E-state index in [1.165, 1.54) is 24.1 Å². The number of rotatable bonds is 13. The maximum Gasteiger partial charge on any atom is 0.264 e. The maximum atomic E-state index is 14.8. The Labute approximate surface area is 299 Å². The molecule has 1 saturated carbocycles. The lowest BCUT2D eigenvalue weighted by Crippen LogP contribution is -2.55. The molecule has 1 aliphatic rings. The minimum atomic E-state index is -4.28. The number of aryl methyl sites for hydroxylation is 1. The molecule has 0 unspecified atom stereocenters. The second kappa shape index (κ2) is 16.6. The highest BCUT2D eigenvalue weighted by molar-refractivity contribution is 7.92. The molecule has 1 atom stereocenters. The number of carbonyl (C=O) groups is 2. The molecule has 2 amide bonds. The van der Waals surface area contributed by atoms with Crippen LogP contribution < -0.4 is 14.4 Å². The Hall–Kier alpha value is -4.05. The van der Waals surface area contributed by atoms with Crippen LogP contribution >= 0.6 is 23.2 Å². The van der Waals surface area contributed by atoms with E-state index in [-0.39, 0.29) is 41.2 Å². The average Bonchev–Trinajstić information content (AvgIpc) is 3.11. The highest BCUT2D eigenvalue weighted by Gasteiger charge is 2.36. The summed E-state index contributed by atoms with van der Waals surface area (Å²) >= 11 is 12.6. The zero-order valence-corrected chi connectivity index (χ0v) is 30.0. The fraction of sp³-hybridized carbons (Fsp3) is 0.316. The molecular weight excluding hydrogens is 681 g/mol. The van der Waals surface area contributed by atoms with Crippen LogP contribution in [0.15, 0.2) is 102 Å². The Balaban J connectivity index is 1.59. The molecule has 0 aromatic heterocycles. The molecule has 11 heteroatoms. The van der Waals surface area contributed by atoms with Crippen molar-refractivity contribution < 1.29 is 22.7 Å². The van der Waals surface area contributed by atoms with Crippen LogP contribution in [0.25, 0.3) is 0 Å². The second-order valence-corrected chi connectivity index (χ2v) is 15.0. The number of hydrogen-bond acceptors (Lipinski definition) is 5. The van der Waals surface area contributed by atoms with Gasteiger partial charge in [-0.1, -0.05) is 109 Å². The van der Waals surface area contributed by atoms with E-state index < -0.39 is 28.5 Å². The van der Waals surface area contributed by atoms with E-state index in [0.717, 1.165) is 47.5 Å². The van der Waals surface area contributed by atoms with E-state index in [9.17, 15) is 18.0 Å². The summed E-state index contributed by atoms with van der Waals surface area (Å²) in [5.41, 5.74) is 2.57. The van der Waals surface area contributed by atoms with E-state index in [1.54, 1.807) is 54.6 Å². The maximum absolute atomic E-state index is 14.8. The third kappa shape index (κ3) is 9.15. The lowest BCUT2D eigenvalue weighted by Gasteiger charge is -2.35. The zero-order valence-electron chi connectivity index (χ0n) is 27.6. The fourth-order valence-electron chi connectivity index (χ4n) is 6.12. The summed E-state index contributed by atoms with van der Waals surface area (Å²) in [5, 5.41) is 3.87. The number of anilines is 1. The predicted molar refractivity (Wildman–Crippen MR) is 195 cm³/mol. The largest absolute Gasteiger partial charge is 0.495 e. The Morgan fingerprint density at radius 1 is 0.857 bits per heavy atom. The van der Waals surface area contributed by atoms with Crippen LogP contribution in [-0.2, 0) is 32.6 Å². The number of hydrogen-bond donors (Lipinski definition) is 1. The van der Waals surface area contributed by atoms with Gasteiger partial charge in [0.25, 0.3) is 10.0 Å². The summed E-state index contributed by atoms with van der Waals surface area (Å²) in [5.74, 6) is -0.598. The van der Waals surface area contributed by atoms with Crippen LogP contribution in [0, 0.1) is 6.92 Å². The number of sulfonamides is 1. The summed E-state index contributed by atoms with van der Waals surface area (Å²) in [6.45, 7) is 1.25. The van der Waals surface area contributed by atoms with E-state index in [4.69, 9.17) is 27.9 Å². The quantitative estimate of drug-likeness (QED) is 0.154. The topological polar surface area (TPSA) is 96.0 Å². The molecule has 1 aliphatic carbocycles. The SMILES string of the molecule is COc1ccccc1N(CC(=O)N(Cc1ccc(Cl)c(Cl)c1)[C@@H](Cc1ccccc1)C(=O)NC1CCCCC1)S(=O)(=O)c1ccc(C)cc1. The van der Waals surface area contributed by atoms with Gasteiger partial charge in [0.15, 0.2) is 0 Å². The normalized spacial score (nSPS) is 14.1. The molecule has 0 saturated heterocycles. The van der Waals surface area contributed by atoms with Crippen molar-refractivity contribution in [2.75, 3.05) is 18.0 Å². The van der Waals surface area contributed by atoms with Crippen molar-refractivity contribution in [1.29, 1.82) is 0 Å². The number of methoxy groups -OCH3 is 1. The van der Waals surface area contributed by atoms with E-state index in [1.807, 2.05) is 37.3 Å². The predicted octanol–water partition coefficient (Wildman–Crippen LogP) is 7.59. The third-order valence-corrected chi connectivity index (χ3v) is 11.3. The van der Waals surface area contributed by atoms with Crippen LogP contribution in [0.1, 0.15) is 48.8 Å². The first-order chi connectivity index (χ1) is 23.6. The Bertz CT molecular complexity index is 1850. The van der Waals surface area contributed by atoms with Crippen molar-refractivity contribution in [3.05, 3.63) is 124 Å². The van der Waals surface area contributed by atoms with Crippen LogP contribution in [0.2, 0.25) is 10.0 Å². The zero-order chi connectivity index (χ0) is 35.0. The Morgan fingerprint density at radius 2 is 1.53 bits per heavy atom. The number of nitrogens with zero attached hydrogens (tertiary/aromatic N) is 2. The number of ether oxygens (including phenoxy) is 1. The molecule has 0 spiro atoms. The van der Waals surface area contributed by atoms with Crippen molar-refractivity contribution in [2.24, 2.45) is 0 Å². The molecule has 4 aromatic rings. The smallest absolute Gasteiger partial charge is 0.264 e. The van der Waals surface area contributed by atoms with E-state index >= 15 is 0 Å². The van der Waals surface area contributed by atoms with Crippen LogP contribution in [-0.4, -0.2) is 50.9 Å². The van der Waals surface area contributed by atoms with Crippen LogP contribution in [0.5, 0.6) is 5.75 Å². The van der Waals surface area contributed by atoms with Crippen molar-refractivity contribution in [2.45, 2.75) is 69.0 Å². The first kappa shape index (κ1) is 36.2. The number of para-hydroxylation sites is 2. The Kier molecular flexibility index (Phi) is 12.3. The van der Waals surface area contributed by atoms with E-state index in [0.29, 0.717) is 15.6 Å². The summed E-state index contributed by atoms with van der Waals surface area (Å²) in [6, 6.07) is 26.6. The van der Waals surface area contributed by atoms with Gasteiger partial charge in [0, 0.05) is 19.0 Å². The number of amides is 2. The number of nitrogens with one attached hydrogen (secondary N) is 1. The minimum Gasteiger partial charge on any atom is -0.495 e. The molecule has 49 heavy (non-hydrogen) atoms. The molecule has 1 fully saturated rings. The van der Waals surface area contributed by atoms with Crippen molar-refractivity contribution in [1.82, 2.24) is 10.2 Å². The first-order valence-electron chi connectivity index (χ1n) is 16.4. The molecule has 0 heterocycles. The summed E-state index contributed by atoms with van der Waals surface area (Å²) in [7, 11) is -2.83. The van der Waals surface area contributed by atoms with Gasteiger partial charge >= 0.3 is 0 Å². The van der Waals surface area contributed by atoms with Gasteiger partial charge in [-0.2, -0.15) is 0 Å². The summed E-state index contributed by atoms with van der Waals surface area (Å²) in [6.07, 6.45) is 5.10. The molecule has 4 aromatic carbocycles. The molecule has 0 aliphatic heterocycles. The number of carbonyl (C=O) groups excluding carboxylic acids is 2. The molecular formula is C38H41Cl2N3O5S. The monoisotopic (exact) mass is 721 g/mol. The number of benzene rings is 4. The van der Waals surface area contributed by atoms with Gasteiger partial charge in [-0.3, -0.25) is 13.9 Å². The second-order valence-electron chi connectivity index (χ2n) is 12.3. The molecule has 5 rings (SSSR count). The van der Waals surface area contributed by atoms with Gasteiger partial charge in [0.05, 0.1) is 27.7 Å². The van der Waals surface area contributed by atoms with Gasteiger partial charge in [-0.05, 0) is 67.3 Å². The molecule has 8 nitrogen and oxygen atoms in total. The minimum absolute atomic E-state index is 0.00607. The van der Waals surface area contributed by atoms with Crippen molar-refractivity contribution in [3.63, 3.8) is 0 Å². The summed E-state index contributed by atoms with van der Waals surface area (Å²) < 4.78 is 35.3. The lowest BCUT2D eigenvalue weighted by molar-refractivity contribution is -0.140. The average molecular weight is 723 g/mol. The third-order valence-electron chi connectivity index (χ3n) is 8.80. The summed E-state index contributed by atoms with van der Waals surface area (Å²) in [4.78, 5) is 30.5. The van der Waals surface area contributed by atoms with Crippen molar-refractivity contribution in [3.8, 4) is 5.75 Å². The Morgan fingerprint density at radius 3 is 2.20 bits per heavy atom. The molecule has 0 bridgehead atoms. The molecule has 0 radical (unpaired) electrons. The van der Waals surface area contributed by atoms with Crippen molar-refractivity contribution >= 4 is 50.7 Å². The van der Waals surface area contributed by atoms with Gasteiger partial charge in [-0.25, -0.2) is 8.42 Å². The van der Waals surface area contributed by atoms with Gasteiger partial charge in [0.1, 0.15) is 18.3 Å². The lowest BCUT2D eigenvalue weighted by atomic mass is 9.94. The van der Waals surface area contributed by atoms with Gasteiger partial charge in [-0.15, -0.1) is 0 Å². The van der Waals surface area contributed by atoms with Crippen LogP contribution in [0.4, 0.5) is 5.69 Å². The standard InChI is InChI=1S/C38H41Cl2N3O5S/c1-27-17-20-31(21-18-27)49(46,47)43(34-15-9-10-16-36(34)48-2)26-37(44)42(25-29-19-22-32(39)33(40)23-29)35(24-28-11-5-3-6-12-28)38(45)41-30-13-7-4-8-14-30/h3,5-6,9-12,15-23,30,35H,4,7-8,13-14,24-26H2,1-2H3,(H,41,45)/t35-/m0/s1. The highest BCUT2D eigenvalue weighted by Crippen LogP contribution is 2.33. The number of halogens is 2. The highest BCUT2D eigenvalue weighted by atomic mass is 35.5. The van der Waals surface area contributed by atoms with E-state index in [2.05, 4.69) is 5.32 Å². The first-order valence-corrected chi connectivity index (χ1v) is 18.6. The fourth-order valence-corrected chi connectivity index (χ4v) is 7.86. The molecule has 1 N–H and O–H groups in total. The van der Waals surface area contributed by atoms with Crippen LogP contribution in [0.3, 0.4) is 0 Å². The molecule has 258 valence electrons. The van der Waals surface area contributed by atoms with Gasteiger partial charge < -0.3 is 15.0 Å². The van der Waals surface area contributed by atoms with Gasteiger partial charge in [0.2, 0.25) is 11.8 Å².